The monoisotopic (exact) mass is 429 g/mol. The zero-order chi connectivity index (χ0) is 21.0. The van der Waals surface area contributed by atoms with Gasteiger partial charge in [0.25, 0.3) is 5.91 Å². The van der Waals surface area contributed by atoms with Crippen LogP contribution in [-0.4, -0.2) is 25.6 Å². The fourth-order valence-corrected chi connectivity index (χ4v) is 4.10. The molecule has 2 aromatic carbocycles. The van der Waals surface area contributed by atoms with Crippen molar-refractivity contribution in [2.24, 2.45) is 0 Å². The Morgan fingerprint density at radius 2 is 1.72 bits per heavy atom. The average molecular weight is 430 g/mol. The van der Waals surface area contributed by atoms with E-state index >= 15 is 0 Å². The molecule has 0 aliphatic heterocycles. The van der Waals surface area contributed by atoms with Gasteiger partial charge in [-0.2, -0.15) is 0 Å². The molecule has 5 nitrogen and oxygen atoms in total. The first-order valence-electron chi connectivity index (χ1n) is 8.96. The fourth-order valence-electron chi connectivity index (χ4n) is 2.91. The van der Waals surface area contributed by atoms with E-state index in [2.05, 4.69) is 5.32 Å². The van der Waals surface area contributed by atoms with Gasteiger partial charge in [-0.3, -0.25) is 4.79 Å². The van der Waals surface area contributed by atoms with Gasteiger partial charge in [-0.05, 0) is 55.8 Å². The molecule has 1 heterocycles. The second-order valence-corrected chi connectivity index (χ2v) is 7.81. The highest BCUT2D eigenvalue weighted by molar-refractivity contribution is 7.17. The third-order valence-corrected chi connectivity index (χ3v) is 5.55. The summed E-state index contributed by atoms with van der Waals surface area (Å²) < 4.78 is 10.4. The van der Waals surface area contributed by atoms with Crippen molar-refractivity contribution in [3.63, 3.8) is 0 Å². The summed E-state index contributed by atoms with van der Waals surface area (Å²) in [4.78, 5) is 26.4. The Bertz CT molecular complexity index is 1030. The first kappa shape index (κ1) is 20.9. The Hall–Kier alpha value is -2.83. The van der Waals surface area contributed by atoms with E-state index in [4.69, 9.17) is 21.1 Å². The normalized spacial score (nSPS) is 10.5. The lowest BCUT2D eigenvalue weighted by molar-refractivity contribution is 0.0529. The number of carbonyl (C=O) groups excluding carboxylic acids is 2. The summed E-state index contributed by atoms with van der Waals surface area (Å²) in [5.41, 5.74) is 2.37. The molecule has 0 saturated heterocycles. The largest absolute Gasteiger partial charge is 0.497 e. The van der Waals surface area contributed by atoms with Crippen LogP contribution in [0.2, 0.25) is 5.02 Å². The summed E-state index contributed by atoms with van der Waals surface area (Å²) in [5.74, 6) is -0.139. The summed E-state index contributed by atoms with van der Waals surface area (Å²) >= 11 is 7.33. The molecular formula is C22H20ClNO4S. The van der Waals surface area contributed by atoms with Gasteiger partial charge in [-0.15, -0.1) is 11.3 Å². The lowest BCUT2D eigenvalue weighted by atomic mass is 10.0. The van der Waals surface area contributed by atoms with Crippen LogP contribution < -0.4 is 10.1 Å². The van der Waals surface area contributed by atoms with Crippen molar-refractivity contribution in [3.8, 4) is 16.9 Å². The van der Waals surface area contributed by atoms with Gasteiger partial charge in [0.15, 0.2) is 0 Å². The number of aryl methyl sites for hydroxylation is 1. The maximum Gasteiger partial charge on any atom is 0.341 e. The Labute approximate surface area is 178 Å². The predicted molar refractivity (Wildman–Crippen MR) is 116 cm³/mol. The lowest BCUT2D eigenvalue weighted by Crippen LogP contribution is -2.14. The van der Waals surface area contributed by atoms with Crippen LogP contribution in [-0.2, 0) is 4.74 Å². The molecule has 0 aliphatic carbocycles. The summed E-state index contributed by atoms with van der Waals surface area (Å²) in [7, 11) is 1.56. The minimum Gasteiger partial charge on any atom is -0.497 e. The van der Waals surface area contributed by atoms with Crippen molar-refractivity contribution >= 4 is 39.8 Å². The Morgan fingerprint density at radius 3 is 2.31 bits per heavy atom. The topological polar surface area (TPSA) is 64.6 Å². The van der Waals surface area contributed by atoms with Crippen LogP contribution in [0.5, 0.6) is 5.75 Å². The maximum absolute atomic E-state index is 12.7. The SMILES string of the molecule is CCOC(=O)c1c(NC(=O)c2ccc(OC)cc2)sc(C)c1-c1ccc(Cl)cc1. The van der Waals surface area contributed by atoms with Gasteiger partial charge in [0.05, 0.1) is 13.7 Å². The van der Waals surface area contributed by atoms with E-state index in [1.807, 2.05) is 19.1 Å². The molecule has 0 unspecified atom stereocenters. The zero-order valence-corrected chi connectivity index (χ0v) is 17.8. The van der Waals surface area contributed by atoms with Gasteiger partial charge in [-0.1, -0.05) is 23.7 Å². The molecule has 1 amide bonds. The van der Waals surface area contributed by atoms with Gasteiger partial charge in [0.1, 0.15) is 16.3 Å². The molecule has 150 valence electrons. The van der Waals surface area contributed by atoms with E-state index in [9.17, 15) is 9.59 Å². The lowest BCUT2D eigenvalue weighted by Gasteiger charge is -2.09. The number of carbonyl (C=O) groups is 2. The number of amides is 1. The number of thiophene rings is 1. The fraction of sp³-hybridized carbons (Fsp3) is 0.182. The number of hydrogen-bond acceptors (Lipinski definition) is 5. The number of halogens is 1. The van der Waals surface area contributed by atoms with Crippen molar-refractivity contribution in [3.05, 3.63) is 69.6 Å². The van der Waals surface area contributed by atoms with Gasteiger partial charge in [0.2, 0.25) is 0 Å². The van der Waals surface area contributed by atoms with Crippen LogP contribution in [0.15, 0.2) is 48.5 Å². The number of methoxy groups -OCH3 is 1. The molecule has 1 aromatic heterocycles. The molecule has 0 spiro atoms. The number of anilines is 1. The second kappa shape index (κ2) is 9.11. The van der Waals surface area contributed by atoms with E-state index in [0.29, 0.717) is 26.9 Å². The van der Waals surface area contributed by atoms with E-state index in [1.54, 1.807) is 50.4 Å². The third-order valence-electron chi connectivity index (χ3n) is 4.28. The molecule has 0 bridgehead atoms. The summed E-state index contributed by atoms with van der Waals surface area (Å²) in [6.07, 6.45) is 0. The minimum atomic E-state index is -0.480. The Kier molecular flexibility index (Phi) is 6.56. The molecule has 0 saturated carbocycles. The van der Waals surface area contributed by atoms with Crippen LogP contribution in [0.25, 0.3) is 11.1 Å². The van der Waals surface area contributed by atoms with Crippen molar-refractivity contribution in [1.82, 2.24) is 0 Å². The standard InChI is InChI=1S/C22H20ClNO4S/c1-4-28-22(26)19-18(14-5-9-16(23)10-6-14)13(2)29-21(19)24-20(25)15-7-11-17(27-3)12-8-15/h5-12H,4H2,1-3H3,(H,24,25). The summed E-state index contributed by atoms with van der Waals surface area (Å²) in [5, 5.41) is 3.91. The highest BCUT2D eigenvalue weighted by Gasteiger charge is 2.25. The number of benzene rings is 2. The first-order chi connectivity index (χ1) is 13.9. The zero-order valence-electron chi connectivity index (χ0n) is 16.2. The van der Waals surface area contributed by atoms with Gasteiger partial charge < -0.3 is 14.8 Å². The molecule has 1 N–H and O–H groups in total. The molecule has 3 aromatic rings. The van der Waals surface area contributed by atoms with Crippen LogP contribution >= 0.6 is 22.9 Å². The summed E-state index contributed by atoms with van der Waals surface area (Å²) in [6, 6.07) is 14.0. The van der Waals surface area contributed by atoms with E-state index < -0.39 is 5.97 Å². The van der Waals surface area contributed by atoms with E-state index in [1.165, 1.54) is 11.3 Å². The molecule has 3 rings (SSSR count). The molecule has 0 atom stereocenters. The van der Waals surface area contributed by atoms with Gasteiger partial charge in [-0.25, -0.2) is 4.79 Å². The number of esters is 1. The van der Waals surface area contributed by atoms with Crippen LogP contribution in [0.1, 0.15) is 32.5 Å². The third kappa shape index (κ3) is 4.60. The number of hydrogen-bond donors (Lipinski definition) is 1. The van der Waals surface area contributed by atoms with Gasteiger partial charge >= 0.3 is 5.97 Å². The number of ether oxygens (including phenoxy) is 2. The van der Waals surface area contributed by atoms with Crippen molar-refractivity contribution < 1.29 is 19.1 Å². The van der Waals surface area contributed by atoms with Gasteiger partial charge in [0, 0.05) is 21.0 Å². The maximum atomic E-state index is 12.7. The number of nitrogens with one attached hydrogen (secondary N) is 1. The van der Waals surface area contributed by atoms with Crippen molar-refractivity contribution in [2.75, 3.05) is 19.0 Å². The molecule has 0 aliphatic rings. The molecule has 0 fully saturated rings. The number of rotatable bonds is 6. The average Bonchev–Trinajstić information content (AvgIpc) is 3.04. The molecule has 7 heteroatoms. The van der Waals surface area contributed by atoms with E-state index in [0.717, 1.165) is 16.0 Å². The molecule has 29 heavy (non-hydrogen) atoms. The highest BCUT2D eigenvalue weighted by Crippen LogP contribution is 2.41. The van der Waals surface area contributed by atoms with Crippen LogP contribution in [0, 0.1) is 6.92 Å². The second-order valence-electron chi connectivity index (χ2n) is 6.15. The first-order valence-corrected chi connectivity index (χ1v) is 10.2. The smallest absolute Gasteiger partial charge is 0.341 e. The Balaban J connectivity index is 2.01. The predicted octanol–water partition coefficient (Wildman–Crippen LogP) is 5.81. The highest BCUT2D eigenvalue weighted by atomic mass is 35.5. The Morgan fingerprint density at radius 1 is 1.07 bits per heavy atom. The van der Waals surface area contributed by atoms with Crippen molar-refractivity contribution in [2.45, 2.75) is 13.8 Å². The van der Waals surface area contributed by atoms with E-state index in [-0.39, 0.29) is 12.5 Å². The van der Waals surface area contributed by atoms with Crippen LogP contribution in [0.3, 0.4) is 0 Å². The summed E-state index contributed by atoms with van der Waals surface area (Å²) in [6.45, 7) is 3.88. The van der Waals surface area contributed by atoms with Crippen LogP contribution in [0.4, 0.5) is 5.00 Å². The molecular weight excluding hydrogens is 410 g/mol. The quantitative estimate of drug-likeness (QED) is 0.502. The molecule has 0 radical (unpaired) electrons. The van der Waals surface area contributed by atoms with Crippen molar-refractivity contribution in [1.29, 1.82) is 0 Å². The minimum absolute atomic E-state index is 0.236.